The van der Waals surface area contributed by atoms with Crippen LogP contribution in [0.25, 0.3) is 0 Å². The maximum atomic E-state index is 11.9. The van der Waals surface area contributed by atoms with Crippen molar-refractivity contribution in [3.8, 4) is 5.75 Å². The van der Waals surface area contributed by atoms with Gasteiger partial charge in [0.25, 0.3) is 5.91 Å². The molecule has 0 aliphatic heterocycles. The van der Waals surface area contributed by atoms with Gasteiger partial charge in [0.15, 0.2) is 0 Å². The molecule has 0 saturated carbocycles. The lowest BCUT2D eigenvalue weighted by atomic mass is 10.1. The molecule has 19 heavy (non-hydrogen) atoms. The van der Waals surface area contributed by atoms with Crippen LogP contribution in [-0.4, -0.2) is 24.9 Å². The summed E-state index contributed by atoms with van der Waals surface area (Å²) >= 11 is 0. The lowest BCUT2D eigenvalue weighted by molar-refractivity contribution is 0.0827. The lowest BCUT2D eigenvalue weighted by Gasteiger charge is -2.11. The molecule has 1 radical (unpaired) electrons. The molecule has 0 aliphatic carbocycles. The molecule has 0 atom stereocenters. The predicted molar refractivity (Wildman–Crippen MR) is 74.1 cm³/mol. The molecule has 0 heterocycles. The van der Waals surface area contributed by atoms with Crippen LogP contribution in [0.3, 0.4) is 0 Å². The van der Waals surface area contributed by atoms with Gasteiger partial charge in [0.2, 0.25) is 0 Å². The summed E-state index contributed by atoms with van der Waals surface area (Å²) in [5.41, 5.74) is 1.65. The van der Waals surface area contributed by atoms with Gasteiger partial charge in [-0.1, -0.05) is 24.3 Å². The van der Waals surface area contributed by atoms with Gasteiger partial charge in [-0.05, 0) is 35.9 Å². The Kier molecular flexibility index (Phi) is 4.18. The summed E-state index contributed by atoms with van der Waals surface area (Å²) in [4.78, 5) is 13.4. The standard InChI is InChI=1S/C16H16NO2/c1-17(2)16(18)14-8-6-7-13(11-14)12-19-15-9-4-3-5-10-15/h4-11H,12H2,1-2H3. The third kappa shape index (κ3) is 3.58. The fraction of sp³-hybridized carbons (Fsp3) is 0.188. The summed E-state index contributed by atoms with van der Waals surface area (Å²) in [7, 11) is 3.48. The number of hydrogen-bond donors (Lipinski definition) is 0. The van der Waals surface area contributed by atoms with Gasteiger partial charge in [0.1, 0.15) is 12.4 Å². The van der Waals surface area contributed by atoms with E-state index < -0.39 is 0 Å². The highest BCUT2D eigenvalue weighted by atomic mass is 16.5. The number of nitrogens with zero attached hydrogens (tertiary/aromatic N) is 1. The molecule has 0 unspecified atom stereocenters. The topological polar surface area (TPSA) is 29.5 Å². The molecule has 2 aromatic rings. The largest absolute Gasteiger partial charge is 0.489 e. The Morgan fingerprint density at radius 2 is 1.95 bits per heavy atom. The molecule has 0 spiro atoms. The average Bonchev–Trinajstić information content (AvgIpc) is 2.45. The van der Waals surface area contributed by atoms with Crippen molar-refractivity contribution < 1.29 is 9.53 Å². The van der Waals surface area contributed by atoms with Gasteiger partial charge in [-0.25, -0.2) is 0 Å². The molecule has 0 saturated heterocycles. The fourth-order valence-corrected chi connectivity index (χ4v) is 1.69. The normalized spacial score (nSPS) is 10.0. The molecule has 2 aromatic carbocycles. The van der Waals surface area contributed by atoms with Crippen LogP contribution in [0.4, 0.5) is 0 Å². The molecule has 3 heteroatoms. The second-order valence-electron chi connectivity index (χ2n) is 4.42. The Hall–Kier alpha value is -2.29. The second-order valence-corrected chi connectivity index (χ2v) is 4.42. The van der Waals surface area contributed by atoms with E-state index in [1.165, 1.54) is 0 Å². The van der Waals surface area contributed by atoms with E-state index in [0.29, 0.717) is 12.2 Å². The lowest BCUT2D eigenvalue weighted by Crippen LogP contribution is -2.21. The number of rotatable bonds is 4. The SMILES string of the molecule is CN(C)C(=O)c1cccc(COc2cc[c]cc2)c1. The zero-order valence-electron chi connectivity index (χ0n) is 11.1. The first kappa shape index (κ1) is 13.1. The first-order valence-electron chi connectivity index (χ1n) is 6.06. The zero-order valence-corrected chi connectivity index (χ0v) is 11.1. The summed E-state index contributed by atoms with van der Waals surface area (Å²) in [6, 6.07) is 17.7. The number of ether oxygens (including phenoxy) is 1. The molecule has 0 bridgehead atoms. The van der Waals surface area contributed by atoms with Crippen molar-refractivity contribution in [1.29, 1.82) is 0 Å². The molecule has 0 aliphatic rings. The van der Waals surface area contributed by atoms with Gasteiger partial charge in [-0.3, -0.25) is 4.79 Å². The molecule has 1 amide bonds. The smallest absolute Gasteiger partial charge is 0.253 e. The Balaban J connectivity index is 2.05. The summed E-state index contributed by atoms with van der Waals surface area (Å²) in [6.07, 6.45) is 0. The van der Waals surface area contributed by atoms with Crippen LogP contribution in [0.1, 0.15) is 15.9 Å². The Bertz CT molecular complexity index is 550. The van der Waals surface area contributed by atoms with E-state index in [-0.39, 0.29) is 5.91 Å². The summed E-state index contributed by atoms with van der Waals surface area (Å²) < 4.78 is 5.64. The maximum Gasteiger partial charge on any atom is 0.253 e. The highest BCUT2D eigenvalue weighted by Crippen LogP contribution is 2.13. The van der Waals surface area contributed by atoms with Crippen molar-refractivity contribution >= 4 is 5.91 Å². The third-order valence-corrected chi connectivity index (χ3v) is 2.67. The number of amides is 1. The van der Waals surface area contributed by atoms with E-state index in [4.69, 9.17) is 4.74 Å². The van der Waals surface area contributed by atoms with Gasteiger partial charge in [-0.2, -0.15) is 0 Å². The van der Waals surface area contributed by atoms with Crippen LogP contribution in [-0.2, 0) is 6.61 Å². The van der Waals surface area contributed by atoms with Crippen molar-refractivity contribution in [2.75, 3.05) is 14.1 Å². The third-order valence-electron chi connectivity index (χ3n) is 2.67. The van der Waals surface area contributed by atoms with E-state index in [1.807, 2.05) is 36.4 Å². The molecule has 0 N–H and O–H groups in total. The first-order valence-corrected chi connectivity index (χ1v) is 6.06. The Labute approximate surface area is 113 Å². The second kappa shape index (κ2) is 6.05. The molecular formula is C16H16NO2. The quantitative estimate of drug-likeness (QED) is 0.839. The van der Waals surface area contributed by atoms with Gasteiger partial charge in [-0.15, -0.1) is 0 Å². The zero-order chi connectivity index (χ0) is 13.7. The minimum atomic E-state index is -0.00355. The number of carbonyl (C=O) groups is 1. The van der Waals surface area contributed by atoms with Gasteiger partial charge in [0.05, 0.1) is 0 Å². The molecule has 0 fully saturated rings. The van der Waals surface area contributed by atoms with Crippen molar-refractivity contribution in [3.05, 3.63) is 65.7 Å². The molecule has 0 aromatic heterocycles. The highest BCUT2D eigenvalue weighted by molar-refractivity contribution is 5.94. The summed E-state index contributed by atoms with van der Waals surface area (Å²) in [6.45, 7) is 0.443. The van der Waals surface area contributed by atoms with Gasteiger partial charge in [0, 0.05) is 19.7 Å². The highest BCUT2D eigenvalue weighted by Gasteiger charge is 2.08. The molecule has 2 rings (SSSR count). The van der Waals surface area contributed by atoms with Crippen molar-refractivity contribution in [2.45, 2.75) is 6.61 Å². The number of carbonyl (C=O) groups excluding carboxylic acids is 1. The number of hydrogen-bond acceptors (Lipinski definition) is 2. The van der Waals surface area contributed by atoms with Crippen LogP contribution >= 0.6 is 0 Å². The van der Waals surface area contributed by atoms with Crippen LogP contribution in [0.5, 0.6) is 5.75 Å². The average molecular weight is 254 g/mol. The summed E-state index contributed by atoms with van der Waals surface area (Å²) in [5.74, 6) is 0.791. The van der Waals surface area contributed by atoms with E-state index in [9.17, 15) is 4.79 Å². The fourth-order valence-electron chi connectivity index (χ4n) is 1.69. The monoisotopic (exact) mass is 254 g/mol. The van der Waals surface area contributed by atoms with Gasteiger partial charge >= 0.3 is 0 Å². The van der Waals surface area contributed by atoms with Crippen LogP contribution in [0, 0.1) is 6.07 Å². The maximum absolute atomic E-state index is 11.9. The molecular weight excluding hydrogens is 238 g/mol. The first-order chi connectivity index (χ1) is 9.16. The summed E-state index contributed by atoms with van der Waals surface area (Å²) in [5, 5.41) is 0. The molecule has 3 nitrogen and oxygen atoms in total. The van der Waals surface area contributed by atoms with Crippen LogP contribution in [0.15, 0.2) is 48.5 Å². The minimum absolute atomic E-state index is 0.00355. The van der Waals surface area contributed by atoms with Crippen molar-refractivity contribution in [3.63, 3.8) is 0 Å². The van der Waals surface area contributed by atoms with E-state index in [2.05, 4.69) is 6.07 Å². The van der Waals surface area contributed by atoms with E-state index >= 15 is 0 Å². The predicted octanol–water partition coefficient (Wildman–Crippen LogP) is 2.77. The van der Waals surface area contributed by atoms with E-state index in [0.717, 1.165) is 11.3 Å². The van der Waals surface area contributed by atoms with Crippen molar-refractivity contribution in [1.82, 2.24) is 4.90 Å². The molecule has 97 valence electrons. The van der Waals surface area contributed by atoms with Crippen molar-refractivity contribution in [2.24, 2.45) is 0 Å². The van der Waals surface area contributed by atoms with Gasteiger partial charge < -0.3 is 9.64 Å². The Morgan fingerprint density at radius 3 is 2.63 bits per heavy atom. The minimum Gasteiger partial charge on any atom is -0.489 e. The van der Waals surface area contributed by atoms with Crippen LogP contribution in [0.2, 0.25) is 0 Å². The Morgan fingerprint density at radius 1 is 1.21 bits per heavy atom. The van der Waals surface area contributed by atoms with E-state index in [1.54, 1.807) is 31.1 Å². The van der Waals surface area contributed by atoms with Crippen LogP contribution < -0.4 is 4.74 Å². The number of benzene rings is 2.